The van der Waals surface area contributed by atoms with Gasteiger partial charge in [-0.2, -0.15) is 0 Å². The van der Waals surface area contributed by atoms with Crippen molar-refractivity contribution in [2.45, 2.75) is 45.1 Å². The molecule has 1 saturated carbocycles. The van der Waals surface area contributed by atoms with Gasteiger partial charge in [-0.15, -0.1) is 0 Å². The fraction of sp³-hybridized carbons (Fsp3) is 0.611. The molecule has 0 bridgehead atoms. The van der Waals surface area contributed by atoms with Gasteiger partial charge >= 0.3 is 0 Å². The maximum absolute atomic E-state index is 12.3. The van der Waals surface area contributed by atoms with Gasteiger partial charge in [-0.05, 0) is 55.7 Å². The van der Waals surface area contributed by atoms with E-state index in [0.717, 1.165) is 18.0 Å². The second-order valence-corrected chi connectivity index (χ2v) is 7.29. The Hall–Kier alpha value is -1.55. The maximum atomic E-state index is 12.3. The predicted molar refractivity (Wildman–Crippen MR) is 89.2 cm³/mol. The lowest BCUT2D eigenvalue weighted by Gasteiger charge is -2.30. The number of aryl methyl sites for hydroxylation is 1. The first kappa shape index (κ1) is 14.1. The van der Waals surface area contributed by atoms with Crippen LogP contribution in [0, 0.1) is 5.92 Å². The SMILES string of the molecule is C[C@H]1CCCN(Cc2cc3c(C4CC4)c[nH]c(=O)c3n2C)C1. The van der Waals surface area contributed by atoms with E-state index in [9.17, 15) is 4.79 Å². The summed E-state index contributed by atoms with van der Waals surface area (Å²) in [6.07, 6.45) is 7.09. The second-order valence-electron chi connectivity index (χ2n) is 7.29. The number of aromatic amines is 1. The number of piperidine rings is 1. The van der Waals surface area contributed by atoms with Crippen molar-refractivity contribution in [1.29, 1.82) is 0 Å². The largest absolute Gasteiger partial charge is 0.342 e. The van der Waals surface area contributed by atoms with Crippen molar-refractivity contribution in [3.05, 3.63) is 33.9 Å². The molecule has 2 aliphatic rings. The predicted octanol–water partition coefficient (Wildman–Crippen LogP) is 2.98. The maximum Gasteiger partial charge on any atom is 0.272 e. The molecule has 2 fully saturated rings. The van der Waals surface area contributed by atoms with Crippen LogP contribution in [0.15, 0.2) is 17.1 Å². The number of hydrogen-bond acceptors (Lipinski definition) is 2. The molecule has 1 aliphatic carbocycles. The van der Waals surface area contributed by atoms with Crippen LogP contribution in [-0.4, -0.2) is 27.5 Å². The number of nitrogens with zero attached hydrogens (tertiary/aromatic N) is 2. The molecule has 1 saturated heterocycles. The highest BCUT2D eigenvalue weighted by Crippen LogP contribution is 2.42. The van der Waals surface area contributed by atoms with E-state index in [1.807, 2.05) is 13.2 Å². The summed E-state index contributed by atoms with van der Waals surface area (Å²) in [5.74, 6) is 1.44. The Morgan fingerprint density at radius 3 is 2.86 bits per heavy atom. The molecule has 0 amide bonds. The normalized spacial score (nSPS) is 23.3. The first-order valence-electron chi connectivity index (χ1n) is 8.55. The number of likely N-dealkylation sites (tertiary alicyclic amines) is 1. The molecule has 2 aromatic heterocycles. The quantitative estimate of drug-likeness (QED) is 0.946. The van der Waals surface area contributed by atoms with Gasteiger partial charge in [0, 0.05) is 37.4 Å². The molecule has 0 spiro atoms. The number of aromatic nitrogens is 2. The van der Waals surface area contributed by atoms with Gasteiger partial charge in [0.05, 0.1) is 0 Å². The van der Waals surface area contributed by atoms with Gasteiger partial charge in [0.15, 0.2) is 0 Å². The molecular weight excluding hydrogens is 274 g/mol. The van der Waals surface area contributed by atoms with Crippen LogP contribution in [0.1, 0.15) is 49.8 Å². The number of rotatable bonds is 3. The van der Waals surface area contributed by atoms with Gasteiger partial charge in [-0.1, -0.05) is 6.92 Å². The van der Waals surface area contributed by atoms with Crippen molar-refractivity contribution in [3.63, 3.8) is 0 Å². The number of H-pyrrole nitrogens is 1. The third-order valence-electron chi connectivity index (χ3n) is 5.36. The van der Waals surface area contributed by atoms with Crippen LogP contribution in [0.5, 0.6) is 0 Å². The molecule has 3 heterocycles. The number of hydrogen-bond donors (Lipinski definition) is 1. The number of fused-ring (bicyclic) bond motifs is 1. The Morgan fingerprint density at radius 1 is 1.32 bits per heavy atom. The van der Waals surface area contributed by atoms with Gasteiger partial charge < -0.3 is 9.55 Å². The molecule has 1 N–H and O–H groups in total. The third-order valence-corrected chi connectivity index (χ3v) is 5.36. The molecule has 4 rings (SSSR count). The van der Waals surface area contributed by atoms with Crippen LogP contribution in [0.2, 0.25) is 0 Å². The van der Waals surface area contributed by atoms with Crippen LogP contribution in [0.4, 0.5) is 0 Å². The van der Waals surface area contributed by atoms with Crippen molar-refractivity contribution in [1.82, 2.24) is 14.5 Å². The minimum Gasteiger partial charge on any atom is -0.342 e. The number of pyridine rings is 1. The molecular formula is C18H25N3O. The molecule has 1 atom stereocenters. The molecule has 118 valence electrons. The van der Waals surface area contributed by atoms with Crippen LogP contribution in [0.3, 0.4) is 0 Å². The van der Waals surface area contributed by atoms with E-state index in [0.29, 0.717) is 5.92 Å². The highest BCUT2D eigenvalue weighted by Gasteiger charge is 2.27. The summed E-state index contributed by atoms with van der Waals surface area (Å²) < 4.78 is 2.11. The highest BCUT2D eigenvalue weighted by atomic mass is 16.1. The van der Waals surface area contributed by atoms with Crippen LogP contribution >= 0.6 is 0 Å². The van der Waals surface area contributed by atoms with Crippen molar-refractivity contribution in [2.75, 3.05) is 13.1 Å². The molecule has 0 radical (unpaired) electrons. The Balaban J connectivity index is 1.72. The summed E-state index contributed by atoms with van der Waals surface area (Å²) in [7, 11) is 2.04. The van der Waals surface area contributed by atoms with Gasteiger partial charge in [0.1, 0.15) is 5.52 Å². The van der Waals surface area contributed by atoms with Crippen LogP contribution < -0.4 is 5.56 Å². The minimum atomic E-state index is 0.0418. The topological polar surface area (TPSA) is 41.0 Å². The summed E-state index contributed by atoms with van der Waals surface area (Å²) in [6.45, 7) is 5.65. The zero-order chi connectivity index (χ0) is 15.3. The smallest absolute Gasteiger partial charge is 0.272 e. The molecule has 1 aliphatic heterocycles. The van der Waals surface area contributed by atoms with Gasteiger partial charge in [-0.25, -0.2) is 0 Å². The van der Waals surface area contributed by atoms with E-state index in [1.165, 1.54) is 55.4 Å². The Bertz CT molecular complexity index is 754. The third kappa shape index (κ3) is 2.39. The standard InChI is InChI=1S/C18H25N3O/c1-12-4-3-7-21(10-12)11-14-8-15-16(13-5-6-13)9-19-18(22)17(15)20(14)2/h8-9,12-13H,3-7,10-11H2,1-2H3,(H,19,22)/t12-/m0/s1. The summed E-state index contributed by atoms with van der Waals surface area (Å²) in [6, 6.07) is 2.26. The highest BCUT2D eigenvalue weighted by molar-refractivity contribution is 5.84. The van der Waals surface area contributed by atoms with Gasteiger partial charge in [-0.3, -0.25) is 9.69 Å². The van der Waals surface area contributed by atoms with E-state index >= 15 is 0 Å². The van der Waals surface area contributed by atoms with E-state index in [2.05, 4.69) is 27.4 Å². The van der Waals surface area contributed by atoms with Crippen molar-refractivity contribution >= 4 is 10.9 Å². The van der Waals surface area contributed by atoms with E-state index in [-0.39, 0.29) is 5.56 Å². The van der Waals surface area contributed by atoms with E-state index in [4.69, 9.17) is 0 Å². The minimum absolute atomic E-state index is 0.0418. The first-order valence-corrected chi connectivity index (χ1v) is 8.55. The summed E-state index contributed by atoms with van der Waals surface area (Å²) in [5, 5.41) is 1.17. The van der Waals surface area contributed by atoms with Crippen molar-refractivity contribution in [2.24, 2.45) is 13.0 Å². The Labute approximate surface area is 131 Å². The fourth-order valence-corrected chi connectivity index (χ4v) is 3.98. The molecule has 4 nitrogen and oxygen atoms in total. The Kier molecular flexibility index (Phi) is 3.37. The summed E-state index contributed by atoms with van der Waals surface area (Å²) in [4.78, 5) is 17.7. The van der Waals surface area contributed by atoms with Gasteiger partial charge in [0.2, 0.25) is 0 Å². The lowest BCUT2D eigenvalue weighted by molar-refractivity contribution is 0.173. The van der Waals surface area contributed by atoms with Gasteiger partial charge in [0.25, 0.3) is 5.56 Å². The summed E-state index contributed by atoms with van der Waals surface area (Å²) >= 11 is 0. The number of nitrogens with one attached hydrogen (secondary N) is 1. The molecule has 0 aromatic carbocycles. The Morgan fingerprint density at radius 2 is 2.14 bits per heavy atom. The summed E-state index contributed by atoms with van der Waals surface area (Å²) in [5.41, 5.74) is 3.50. The lowest BCUT2D eigenvalue weighted by Crippen LogP contribution is -2.34. The average molecular weight is 299 g/mol. The fourth-order valence-electron chi connectivity index (χ4n) is 3.98. The molecule has 2 aromatic rings. The first-order chi connectivity index (χ1) is 10.6. The monoisotopic (exact) mass is 299 g/mol. The van der Waals surface area contributed by atoms with Crippen molar-refractivity contribution < 1.29 is 0 Å². The zero-order valence-electron chi connectivity index (χ0n) is 13.6. The molecule has 0 unspecified atom stereocenters. The second kappa shape index (κ2) is 5.27. The van der Waals surface area contributed by atoms with E-state index < -0.39 is 0 Å². The van der Waals surface area contributed by atoms with Crippen LogP contribution in [-0.2, 0) is 13.6 Å². The van der Waals surface area contributed by atoms with E-state index in [1.54, 1.807) is 0 Å². The average Bonchev–Trinajstić information content (AvgIpc) is 3.26. The molecule has 22 heavy (non-hydrogen) atoms. The van der Waals surface area contributed by atoms with Crippen molar-refractivity contribution in [3.8, 4) is 0 Å². The lowest BCUT2D eigenvalue weighted by atomic mass is 10.0. The van der Waals surface area contributed by atoms with Crippen LogP contribution in [0.25, 0.3) is 10.9 Å². The zero-order valence-corrected chi connectivity index (χ0v) is 13.6. The molecule has 4 heteroatoms.